The molecule has 4 nitrogen and oxygen atoms in total. The zero-order chi connectivity index (χ0) is 16.7. The van der Waals surface area contributed by atoms with Crippen LogP contribution >= 0.6 is 0 Å². The van der Waals surface area contributed by atoms with Crippen LogP contribution in [0.2, 0.25) is 0 Å². The predicted octanol–water partition coefficient (Wildman–Crippen LogP) is 3.55. The fourth-order valence-electron chi connectivity index (χ4n) is 2.70. The molecule has 0 aliphatic carbocycles. The maximum atomic E-state index is 12.5. The van der Waals surface area contributed by atoms with Gasteiger partial charge in [0.1, 0.15) is 0 Å². The molecule has 0 bridgehead atoms. The van der Waals surface area contributed by atoms with Gasteiger partial charge < -0.3 is 5.32 Å². The molecule has 0 radical (unpaired) electrons. The SMILES string of the molecule is C=S1(=O)C=Cc2ccc(NC(=O)c3cnc4ccccc4c3)cc21. The van der Waals surface area contributed by atoms with Gasteiger partial charge in [-0.25, -0.2) is 0 Å². The highest BCUT2D eigenvalue weighted by molar-refractivity contribution is 8.03. The van der Waals surface area contributed by atoms with Crippen LogP contribution < -0.4 is 5.32 Å². The zero-order valence-electron chi connectivity index (χ0n) is 12.7. The topological polar surface area (TPSA) is 59.1 Å². The van der Waals surface area contributed by atoms with Gasteiger partial charge in [-0.2, -0.15) is 0 Å². The van der Waals surface area contributed by atoms with E-state index in [9.17, 15) is 9.00 Å². The molecule has 1 aliphatic heterocycles. The molecule has 3 aromatic rings. The number of carbonyl (C=O) groups is 1. The average Bonchev–Trinajstić information content (AvgIpc) is 2.89. The van der Waals surface area contributed by atoms with E-state index in [-0.39, 0.29) is 5.91 Å². The molecule has 0 spiro atoms. The molecule has 0 saturated carbocycles. The van der Waals surface area contributed by atoms with E-state index in [1.54, 1.807) is 35.9 Å². The third kappa shape index (κ3) is 2.49. The summed E-state index contributed by atoms with van der Waals surface area (Å²) in [5, 5.41) is 5.34. The first kappa shape index (κ1) is 14.7. The number of hydrogen-bond acceptors (Lipinski definition) is 3. The Bertz CT molecular complexity index is 1120. The summed E-state index contributed by atoms with van der Waals surface area (Å²) in [6.45, 7) is 0. The molecule has 24 heavy (non-hydrogen) atoms. The number of para-hydroxylation sites is 1. The third-order valence-corrected chi connectivity index (χ3v) is 5.64. The van der Waals surface area contributed by atoms with Gasteiger partial charge >= 0.3 is 0 Å². The Morgan fingerprint density at radius 1 is 1.12 bits per heavy atom. The van der Waals surface area contributed by atoms with Gasteiger partial charge in [0.2, 0.25) is 0 Å². The van der Waals surface area contributed by atoms with Crippen LogP contribution in [0.15, 0.2) is 65.0 Å². The third-order valence-electron chi connectivity index (χ3n) is 3.96. The molecule has 1 atom stereocenters. The van der Waals surface area contributed by atoms with E-state index in [1.165, 1.54) is 0 Å². The Morgan fingerprint density at radius 3 is 2.83 bits per heavy atom. The van der Waals surface area contributed by atoms with Gasteiger partial charge in [-0.1, -0.05) is 24.3 Å². The summed E-state index contributed by atoms with van der Waals surface area (Å²) in [4.78, 5) is 17.4. The van der Waals surface area contributed by atoms with E-state index in [0.717, 1.165) is 16.5 Å². The van der Waals surface area contributed by atoms with Crippen molar-refractivity contribution in [3.8, 4) is 0 Å². The van der Waals surface area contributed by atoms with Crippen molar-refractivity contribution in [2.24, 2.45) is 0 Å². The van der Waals surface area contributed by atoms with Crippen molar-refractivity contribution in [2.75, 3.05) is 5.32 Å². The van der Waals surface area contributed by atoms with Gasteiger partial charge in [-0.3, -0.25) is 14.0 Å². The fourth-order valence-corrected chi connectivity index (χ4v) is 4.08. The second-order valence-corrected chi connectivity index (χ2v) is 7.82. The molecule has 4 rings (SSSR count). The van der Waals surface area contributed by atoms with Crippen LogP contribution in [0.1, 0.15) is 15.9 Å². The summed E-state index contributed by atoms with van der Waals surface area (Å²) in [5.74, 6) is 3.49. The highest BCUT2D eigenvalue weighted by Crippen LogP contribution is 2.29. The summed E-state index contributed by atoms with van der Waals surface area (Å²) >= 11 is 0. The summed E-state index contributed by atoms with van der Waals surface area (Å²) in [6.07, 6.45) is 3.35. The van der Waals surface area contributed by atoms with Gasteiger partial charge in [-0.05, 0) is 47.2 Å². The van der Waals surface area contributed by atoms with Crippen molar-refractivity contribution in [1.82, 2.24) is 4.98 Å². The van der Waals surface area contributed by atoms with Gasteiger partial charge in [0.05, 0.1) is 11.1 Å². The van der Waals surface area contributed by atoms with E-state index >= 15 is 0 Å². The van der Waals surface area contributed by atoms with Crippen LogP contribution in [0.4, 0.5) is 5.69 Å². The van der Waals surface area contributed by atoms with Gasteiger partial charge in [0.15, 0.2) is 0 Å². The number of nitrogens with zero attached hydrogens (tertiary/aromatic N) is 1. The van der Waals surface area contributed by atoms with E-state index < -0.39 is 9.52 Å². The van der Waals surface area contributed by atoms with E-state index in [2.05, 4.69) is 16.2 Å². The number of amides is 1. The smallest absolute Gasteiger partial charge is 0.257 e. The molecule has 118 valence electrons. The molecular weight excluding hydrogens is 320 g/mol. The highest BCUT2D eigenvalue weighted by Gasteiger charge is 2.16. The van der Waals surface area contributed by atoms with Crippen LogP contribution in [-0.2, 0) is 9.52 Å². The monoisotopic (exact) mass is 334 g/mol. The van der Waals surface area contributed by atoms with Crippen molar-refractivity contribution >= 4 is 44.0 Å². The average molecular weight is 334 g/mol. The number of benzene rings is 2. The maximum absolute atomic E-state index is 12.5. The number of nitrogens with one attached hydrogen (secondary N) is 1. The Kier molecular flexibility index (Phi) is 3.25. The van der Waals surface area contributed by atoms with Crippen LogP contribution in [0, 0.1) is 0 Å². The lowest BCUT2D eigenvalue weighted by molar-refractivity contribution is 0.102. The lowest BCUT2D eigenvalue weighted by atomic mass is 10.1. The number of fused-ring (bicyclic) bond motifs is 2. The first-order valence-corrected chi connectivity index (χ1v) is 9.17. The van der Waals surface area contributed by atoms with Gasteiger partial charge in [0, 0.05) is 31.7 Å². The van der Waals surface area contributed by atoms with E-state index in [1.807, 2.05) is 30.3 Å². The first-order valence-electron chi connectivity index (χ1n) is 7.38. The van der Waals surface area contributed by atoms with Crippen molar-refractivity contribution < 1.29 is 9.00 Å². The Balaban J connectivity index is 1.64. The summed E-state index contributed by atoms with van der Waals surface area (Å²) < 4.78 is 12.3. The molecule has 2 aromatic carbocycles. The number of anilines is 1. The largest absolute Gasteiger partial charge is 0.322 e. The van der Waals surface area contributed by atoms with Crippen LogP contribution in [0.3, 0.4) is 0 Å². The lowest BCUT2D eigenvalue weighted by Gasteiger charge is -2.09. The van der Waals surface area contributed by atoms with Crippen molar-refractivity contribution in [2.45, 2.75) is 4.90 Å². The minimum atomic E-state index is -2.40. The molecule has 1 aromatic heterocycles. The quantitative estimate of drug-likeness (QED) is 0.729. The van der Waals surface area contributed by atoms with E-state index in [0.29, 0.717) is 16.1 Å². The molecule has 0 saturated heterocycles. The maximum Gasteiger partial charge on any atom is 0.257 e. The van der Waals surface area contributed by atoms with Gasteiger partial charge in [-0.15, -0.1) is 0 Å². The number of aromatic nitrogens is 1. The minimum absolute atomic E-state index is 0.255. The Hall–Kier alpha value is -2.92. The highest BCUT2D eigenvalue weighted by atomic mass is 32.2. The van der Waals surface area contributed by atoms with Crippen molar-refractivity contribution in [1.29, 1.82) is 0 Å². The van der Waals surface area contributed by atoms with Crippen LogP contribution in [0.5, 0.6) is 0 Å². The summed E-state index contributed by atoms with van der Waals surface area (Å²) in [6, 6.07) is 14.8. The fraction of sp³-hybridized carbons (Fsp3) is 0. The van der Waals surface area contributed by atoms with Gasteiger partial charge in [0.25, 0.3) is 5.91 Å². The molecule has 1 aliphatic rings. The molecular formula is C19H14N2O2S. The standard InChI is InChI=1S/C19H14N2O2S/c1-24(23)9-8-13-6-7-16(11-18(13)24)21-19(22)15-10-14-4-2-3-5-17(14)20-12-15/h2-12H,1H2,(H,21,22). The molecule has 1 N–H and O–H groups in total. The summed E-state index contributed by atoms with van der Waals surface area (Å²) in [5.41, 5.74) is 2.78. The Labute approximate surface area is 139 Å². The van der Waals surface area contributed by atoms with Crippen LogP contribution in [-0.4, -0.2) is 21.0 Å². The van der Waals surface area contributed by atoms with Crippen LogP contribution in [0.25, 0.3) is 17.0 Å². The molecule has 1 unspecified atom stereocenters. The molecule has 1 amide bonds. The van der Waals surface area contributed by atoms with Crippen molar-refractivity contribution in [3.05, 3.63) is 71.3 Å². The number of rotatable bonds is 2. The number of pyridine rings is 1. The Morgan fingerprint density at radius 2 is 1.96 bits per heavy atom. The number of hydrogen-bond donors (Lipinski definition) is 1. The minimum Gasteiger partial charge on any atom is -0.322 e. The van der Waals surface area contributed by atoms with Crippen molar-refractivity contribution in [3.63, 3.8) is 0 Å². The molecule has 0 fully saturated rings. The number of carbonyl (C=O) groups excluding carboxylic acids is 1. The normalized spacial score (nSPS) is 18.5. The molecule has 5 heteroatoms. The first-order chi connectivity index (χ1) is 11.5. The zero-order valence-corrected chi connectivity index (χ0v) is 13.5. The summed E-state index contributed by atoms with van der Waals surface area (Å²) in [7, 11) is -2.40. The second-order valence-electron chi connectivity index (χ2n) is 5.65. The molecule has 2 heterocycles. The predicted molar refractivity (Wildman–Crippen MR) is 98.7 cm³/mol. The van der Waals surface area contributed by atoms with E-state index in [4.69, 9.17) is 0 Å². The lowest BCUT2D eigenvalue weighted by Crippen LogP contribution is -2.12. The second kappa shape index (κ2) is 5.32.